The lowest BCUT2D eigenvalue weighted by atomic mass is 10.1. The molecule has 1 aliphatic rings. The lowest BCUT2D eigenvalue weighted by Crippen LogP contribution is -1.97. The number of aromatic nitrogens is 1. The van der Waals surface area contributed by atoms with Crippen LogP contribution in [0.2, 0.25) is 0 Å². The average Bonchev–Trinajstić information content (AvgIpc) is 3.14. The molecule has 0 spiro atoms. The van der Waals surface area contributed by atoms with Crippen LogP contribution in [0.25, 0.3) is 6.08 Å². The van der Waals surface area contributed by atoms with Gasteiger partial charge in [-0.25, -0.2) is 4.79 Å². The van der Waals surface area contributed by atoms with Crippen LogP contribution in [0.1, 0.15) is 11.3 Å². The Bertz CT molecular complexity index is 411. The van der Waals surface area contributed by atoms with Gasteiger partial charge in [-0.15, -0.1) is 0 Å². The summed E-state index contributed by atoms with van der Waals surface area (Å²) in [5, 5.41) is 7.60. The Morgan fingerprint density at radius 1 is 1.65 bits per heavy atom. The molecule has 90 valence electrons. The molecule has 0 aromatic carbocycles. The van der Waals surface area contributed by atoms with Crippen molar-refractivity contribution in [3.63, 3.8) is 0 Å². The molecule has 0 saturated carbocycles. The maximum absolute atomic E-state index is 9.25. The van der Waals surface area contributed by atoms with Gasteiger partial charge in [0.2, 0.25) is 0 Å². The fourth-order valence-electron chi connectivity index (χ4n) is 1.24. The minimum atomic E-state index is -0.981. The van der Waals surface area contributed by atoms with Crippen LogP contribution in [-0.2, 0) is 16.0 Å². The van der Waals surface area contributed by atoms with Crippen molar-refractivity contribution in [1.82, 2.24) is 4.98 Å². The van der Waals surface area contributed by atoms with Crippen LogP contribution in [0.4, 0.5) is 0 Å². The van der Waals surface area contributed by atoms with Crippen molar-refractivity contribution in [3.8, 4) is 0 Å². The quantitative estimate of drug-likeness (QED) is 0.637. The van der Waals surface area contributed by atoms with E-state index in [9.17, 15) is 4.79 Å². The van der Waals surface area contributed by atoms with Crippen LogP contribution in [0, 0.1) is 0 Å². The first-order valence-electron chi connectivity index (χ1n) is 5.20. The number of pyridine rings is 1. The third kappa shape index (κ3) is 5.08. The van der Waals surface area contributed by atoms with E-state index in [4.69, 9.17) is 9.84 Å². The first-order chi connectivity index (χ1) is 8.17. The molecule has 1 fully saturated rings. The van der Waals surface area contributed by atoms with Crippen LogP contribution in [-0.4, -0.2) is 28.8 Å². The fourth-order valence-corrected chi connectivity index (χ4v) is 1.24. The lowest BCUT2D eigenvalue weighted by molar-refractivity contribution is -0.131. The predicted molar refractivity (Wildman–Crippen MR) is 65.6 cm³/mol. The minimum absolute atomic E-state index is 0.424. The van der Waals surface area contributed by atoms with E-state index < -0.39 is 5.97 Å². The third-order valence-electron chi connectivity index (χ3n) is 2.14. The number of rotatable bonds is 4. The number of hydrogen-bond donors (Lipinski definition) is 1. The van der Waals surface area contributed by atoms with E-state index in [-0.39, 0.29) is 0 Å². The number of hydrogen-bond acceptors (Lipinski definition) is 3. The van der Waals surface area contributed by atoms with Gasteiger partial charge in [-0.2, -0.15) is 0 Å². The van der Waals surface area contributed by atoms with Gasteiger partial charge in [-0.3, -0.25) is 4.98 Å². The van der Waals surface area contributed by atoms with Gasteiger partial charge in [0.25, 0.3) is 0 Å². The zero-order valence-corrected chi connectivity index (χ0v) is 9.50. The SMILES string of the molecule is C=CC(=O)O.C=Cc1ncccc1CC1CO1. The average molecular weight is 233 g/mol. The van der Waals surface area contributed by atoms with Crippen molar-refractivity contribution in [2.45, 2.75) is 12.5 Å². The predicted octanol–water partition coefficient (Wildman–Crippen LogP) is 1.92. The van der Waals surface area contributed by atoms with Crippen molar-refractivity contribution >= 4 is 12.0 Å². The zero-order chi connectivity index (χ0) is 12.7. The van der Waals surface area contributed by atoms with Crippen LogP contribution in [0.15, 0.2) is 37.6 Å². The number of aliphatic carboxylic acids is 1. The van der Waals surface area contributed by atoms with Crippen LogP contribution >= 0.6 is 0 Å². The van der Waals surface area contributed by atoms with E-state index in [0.29, 0.717) is 6.10 Å². The Hall–Kier alpha value is -1.94. The van der Waals surface area contributed by atoms with Crippen molar-refractivity contribution in [3.05, 3.63) is 48.8 Å². The maximum atomic E-state index is 9.25. The van der Waals surface area contributed by atoms with E-state index in [1.165, 1.54) is 5.56 Å². The molecule has 1 N–H and O–H groups in total. The van der Waals surface area contributed by atoms with Gasteiger partial charge in [0, 0.05) is 18.7 Å². The molecule has 4 nitrogen and oxygen atoms in total. The summed E-state index contributed by atoms with van der Waals surface area (Å²) in [6.07, 6.45) is 5.80. The van der Waals surface area contributed by atoms with Crippen molar-refractivity contribution in [2.75, 3.05) is 6.61 Å². The van der Waals surface area contributed by atoms with E-state index in [2.05, 4.69) is 24.2 Å². The number of epoxide rings is 1. The van der Waals surface area contributed by atoms with Gasteiger partial charge in [-0.1, -0.05) is 19.2 Å². The first kappa shape index (κ1) is 13.1. The Labute approximate surface area is 100 Å². The molecule has 1 aliphatic heterocycles. The lowest BCUT2D eigenvalue weighted by Gasteiger charge is -2.00. The summed E-state index contributed by atoms with van der Waals surface area (Å²) in [7, 11) is 0. The number of carbonyl (C=O) groups is 1. The molecule has 1 saturated heterocycles. The van der Waals surface area contributed by atoms with E-state index in [1.54, 1.807) is 12.3 Å². The standard InChI is InChI=1S/C10H11NO.C3H4O2/c1-2-10-8(4-3-5-11-10)6-9-7-12-9;1-2-3(4)5/h2-5,9H,1,6-7H2;2H,1H2,(H,4,5). The molecule has 0 aliphatic carbocycles. The summed E-state index contributed by atoms with van der Waals surface area (Å²) in [5.74, 6) is -0.981. The molecule has 4 heteroatoms. The number of carboxylic acids is 1. The van der Waals surface area contributed by atoms with Crippen LogP contribution < -0.4 is 0 Å². The van der Waals surface area contributed by atoms with Gasteiger partial charge < -0.3 is 9.84 Å². The third-order valence-corrected chi connectivity index (χ3v) is 2.14. The van der Waals surface area contributed by atoms with Crippen molar-refractivity contribution in [1.29, 1.82) is 0 Å². The number of carboxylic acid groups (broad SMARTS) is 1. The topological polar surface area (TPSA) is 62.7 Å². The second-order valence-electron chi connectivity index (χ2n) is 3.45. The highest BCUT2D eigenvalue weighted by Gasteiger charge is 2.23. The van der Waals surface area contributed by atoms with E-state index in [1.807, 2.05) is 6.07 Å². The Morgan fingerprint density at radius 2 is 2.29 bits per heavy atom. The molecule has 1 aromatic rings. The molecule has 1 atom stereocenters. The highest BCUT2D eigenvalue weighted by Crippen LogP contribution is 2.18. The summed E-state index contributed by atoms with van der Waals surface area (Å²) >= 11 is 0. The smallest absolute Gasteiger partial charge is 0.327 e. The normalized spacial score (nSPS) is 16.4. The zero-order valence-electron chi connectivity index (χ0n) is 9.50. The molecule has 2 rings (SSSR count). The minimum Gasteiger partial charge on any atom is -0.478 e. The van der Waals surface area contributed by atoms with Gasteiger partial charge in [0.1, 0.15) is 0 Å². The van der Waals surface area contributed by atoms with Crippen LogP contribution in [0.5, 0.6) is 0 Å². The van der Waals surface area contributed by atoms with Gasteiger partial charge in [0.05, 0.1) is 18.4 Å². The summed E-state index contributed by atoms with van der Waals surface area (Å²) < 4.78 is 5.15. The van der Waals surface area contributed by atoms with Gasteiger partial charge in [0.15, 0.2) is 0 Å². The molecular formula is C13H15NO3. The molecule has 1 unspecified atom stereocenters. The Kier molecular flexibility index (Phi) is 5.10. The number of nitrogens with zero attached hydrogens (tertiary/aromatic N) is 1. The Balaban J connectivity index is 0.000000249. The summed E-state index contributed by atoms with van der Waals surface area (Å²) in [6.45, 7) is 7.57. The summed E-state index contributed by atoms with van der Waals surface area (Å²) in [5.41, 5.74) is 2.21. The highest BCUT2D eigenvalue weighted by molar-refractivity contribution is 5.78. The highest BCUT2D eigenvalue weighted by atomic mass is 16.6. The summed E-state index contributed by atoms with van der Waals surface area (Å²) in [6, 6.07) is 4.02. The summed E-state index contributed by atoms with van der Waals surface area (Å²) in [4.78, 5) is 13.5. The van der Waals surface area contributed by atoms with Crippen molar-refractivity contribution < 1.29 is 14.6 Å². The largest absolute Gasteiger partial charge is 0.478 e. The van der Waals surface area contributed by atoms with Crippen LogP contribution in [0.3, 0.4) is 0 Å². The molecule has 0 radical (unpaired) electrons. The Morgan fingerprint density at radius 3 is 2.76 bits per heavy atom. The van der Waals surface area contributed by atoms with E-state index in [0.717, 1.165) is 24.8 Å². The number of ether oxygens (including phenoxy) is 1. The molecular weight excluding hydrogens is 218 g/mol. The molecule has 1 aromatic heterocycles. The van der Waals surface area contributed by atoms with Gasteiger partial charge >= 0.3 is 5.97 Å². The first-order valence-corrected chi connectivity index (χ1v) is 5.20. The van der Waals surface area contributed by atoms with E-state index >= 15 is 0 Å². The monoisotopic (exact) mass is 233 g/mol. The molecule has 0 bridgehead atoms. The second-order valence-corrected chi connectivity index (χ2v) is 3.45. The fraction of sp³-hybridized carbons (Fsp3) is 0.231. The molecule has 17 heavy (non-hydrogen) atoms. The van der Waals surface area contributed by atoms with Crippen molar-refractivity contribution in [2.24, 2.45) is 0 Å². The maximum Gasteiger partial charge on any atom is 0.327 e. The molecule has 0 amide bonds. The second kappa shape index (κ2) is 6.60. The molecule has 2 heterocycles. The van der Waals surface area contributed by atoms with Gasteiger partial charge in [-0.05, 0) is 17.7 Å².